The molecule has 0 saturated carbocycles. The molecule has 76 valence electrons. The molecule has 0 spiro atoms. The number of rotatable bonds is 1. The maximum Gasteiger partial charge on any atom is 0.255 e. The highest BCUT2D eigenvalue weighted by Crippen LogP contribution is 2.35. The molecule has 0 N–H and O–H groups in total. The molecule has 1 unspecified atom stereocenters. The third kappa shape index (κ3) is 1.46. The number of hydrogen-bond donors (Lipinski definition) is 0. The molecule has 1 aromatic rings. The minimum absolute atomic E-state index is 0.192. The van der Waals surface area contributed by atoms with Crippen molar-refractivity contribution >= 4 is 17.4 Å². The second kappa shape index (κ2) is 3.22. The van der Waals surface area contributed by atoms with Crippen molar-refractivity contribution in [1.29, 1.82) is 0 Å². The van der Waals surface area contributed by atoms with Gasteiger partial charge in [0.2, 0.25) is 5.78 Å². The Labute approximate surface area is 89.3 Å². The first-order chi connectivity index (χ1) is 7.07. The van der Waals surface area contributed by atoms with Crippen LogP contribution in [0.3, 0.4) is 0 Å². The van der Waals surface area contributed by atoms with Gasteiger partial charge in [0.1, 0.15) is 0 Å². The van der Waals surface area contributed by atoms with E-state index in [1.165, 1.54) is 6.07 Å². The van der Waals surface area contributed by atoms with Gasteiger partial charge in [0.15, 0.2) is 0 Å². The molecule has 1 aliphatic carbocycles. The average molecular weight is 226 g/mol. The van der Waals surface area contributed by atoms with Crippen LogP contribution in [0.25, 0.3) is 10.4 Å². The topological polar surface area (TPSA) is 65.8 Å². The normalized spacial score (nSPS) is 23.5. The Morgan fingerprint density at radius 3 is 3.00 bits per heavy atom. The third-order valence-corrected chi connectivity index (χ3v) is 2.53. The molecule has 4 nitrogen and oxygen atoms in total. The summed E-state index contributed by atoms with van der Waals surface area (Å²) in [5.74, 6) is -3.31. The van der Waals surface area contributed by atoms with Gasteiger partial charge in [-0.2, -0.15) is 0 Å². The first-order valence-electron chi connectivity index (χ1n) is 4.15. The molecule has 0 bridgehead atoms. The van der Waals surface area contributed by atoms with Crippen molar-refractivity contribution < 1.29 is 9.18 Å². The average Bonchev–Trinajstić information content (AvgIpc) is 2.42. The predicted octanol–water partition coefficient (Wildman–Crippen LogP) is 3.05. The van der Waals surface area contributed by atoms with Crippen molar-refractivity contribution in [2.45, 2.75) is 12.2 Å². The molecule has 1 aliphatic rings. The molecule has 1 aromatic carbocycles. The number of carbonyl (C=O) groups is 1. The number of benzene rings is 1. The van der Waals surface area contributed by atoms with Gasteiger partial charge in [-0.15, -0.1) is 0 Å². The summed E-state index contributed by atoms with van der Waals surface area (Å²) in [6.07, 6.45) is -0.220. The van der Waals surface area contributed by atoms with Crippen molar-refractivity contribution in [1.82, 2.24) is 0 Å². The minimum atomic E-state index is -2.48. The Morgan fingerprint density at radius 1 is 1.60 bits per heavy atom. The molecule has 0 aliphatic heterocycles. The van der Waals surface area contributed by atoms with Gasteiger partial charge < -0.3 is 0 Å². The Bertz CT molecular complexity index is 498. The second-order valence-corrected chi connectivity index (χ2v) is 3.69. The quantitative estimate of drug-likeness (QED) is 0.313. The van der Waals surface area contributed by atoms with Crippen LogP contribution in [0.1, 0.15) is 15.9 Å². The number of azide groups is 1. The van der Waals surface area contributed by atoms with E-state index in [1.807, 2.05) is 0 Å². The zero-order chi connectivity index (χ0) is 11.1. The summed E-state index contributed by atoms with van der Waals surface area (Å²) >= 11 is 5.68. The van der Waals surface area contributed by atoms with Gasteiger partial charge in [-0.1, -0.05) is 17.7 Å². The molecule has 0 aromatic heterocycles. The molecule has 2 rings (SSSR count). The fourth-order valence-electron chi connectivity index (χ4n) is 1.60. The van der Waals surface area contributed by atoms with Gasteiger partial charge in [-0.3, -0.25) is 4.79 Å². The Kier molecular flexibility index (Phi) is 2.14. The summed E-state index contributed by atoms with van der Waals surface area (Å²) in [4.78, 5) is 13.9. The maximum absolute atomic E-state index is 13.8. The number of hydrogen-bond acceptors (Lipinski definition) is 2. The summed E-state index contributed by atoms with van der Waals surface area (Å²) < 4.78 is 13.8. The van der Waals surface area contributed by atoms with Crippen LogP contribution in [0, 0.1) is 0 Å². The van der Waals surface area contributed by atoms with Crippen molar-refractivity contribution in [3.05, 3.63) is 44.8 Å². The highest BCUT2D eigenvalue weighted by Gasteiger charge is 2.45. The van der Waals surface area contributed by atoms with Gasteiger partial charge >= 0.3 is 0 Å². The Morgan fingerprint density at radius 2 is 2.33 bits per heavy atom. The van der Waals surface area contributed by atoms with Crippen molar-refractivity contribution in [3.8, 4) is 0 Å². The Balaban J connectivity index is 2.55. The van der Waals surface area contributed by atoms with Gasteiger partial charge in [0, 0.05) is 21.9 Å². The van der Waals surface area contributed by atoms with Crippen LogP contribution in [0.5, 0.6) is 0 Å². The lowest BCUT2D eigenvalue weighted by Gasteiger charge is -2.07. The van der Waals surface area contributed by atoms with Crippen LogP contribution in [-0.2, 0) is 6.42 Å². The van der Waals surface area contributed by atoms with Gasteiger partial charge in [-0.25, -0.2) is 4.39 Å². The molecule has 1 atom stereocenters. The Hall–Kier alpha value is -1.58. The molecule has 0 heterocycles. The van der Waals surface area contributed by atoms with Gasteiger partial charge in [0.25, 0.3) is 5.79 Å². The second-order valence-electron chi connectivity index (χ2n) is 3.26. The summed E-state index contributed by atoms with van der Waals surface area (Å²) in [7, 11) is 0. The largest absolute Gasteiger partial charge is 0.290 e. The highest BCUT2D eigenvalue weighted by molar-refractivity contribution is 6.31. The van der Waals surface area contributed by atoms with E-state index < -0.39 is 11.6 Å². The minimum Gasteiger partial charge on any atom is -0.290 e. The van der Waals surface area contributed by atoms with E-state index >= 15 is 0 Å². The van der Waals surface area contributed by atoms with E-state index in [2.05, 4.69) is 10.0 Å². The number of carbonyl (C=O) groups excluding carboxylic acids is 1. The summed E-state index contributed by atoms with van der Waals surface area (Å²) in [5.41, 5.74) is 8.89. The van der Waals surface area contributed by atoms with Crippen LogP contribution in [-0.4, -0.2) is 11.6 Å². The number of fused-ring (bicyclic) bond motifs is 1. The number of ketones is 1. The number of Topliss-reactive ketones (excluding diaryl/α,β-unsaturated/α-hetero) is 1. The van der Waals surface area contributed by atoms with Crippen LogP contribution < -0.4 is 0 Å². The fraction of sp³-hybridized carbons (Fsp3) is 0.222. The molecular weight excluding hydrogens is 221 g/mol. The summed E-state index contributed by atoms with van der Waals surface area (Å²) in [5, 5.41) is 3.26. The zero-order valence-corrected chi connectivity index (χ0v) is 8.20. The number of alkyl halides is 1. The van der Waals surface area contributed by atoms with E-state index in [1.54, 1.807) is 12.1 Å². The number of nitrogens with zero attached hydrogens (tertiary/aromatic N) is 3. The third-order valence-electron chi connectivity index (χ3n) is 2.29. The fourth-order valence-corrected chi connectivity index (χ4v) is 1.78. The highest BCUT2D eigenvalue weighted by atomic mass is 35.5. The molecule has 6 heteroatoms. The standard InChI is InChI=1S/C9H5ClFN3O/c10-6-2-1-5-4-9(11,13-14-12)8(15)7(5)3-6/h1-3H,4H2. The van der Waals surface area contributed by atoms with E-state index in [9.17, 15) is 9.18 Å². The predicted molar refractivity (Wildman–Crippen MR) is 52.5 cm³/mol. The first-order valence-corrected chi connectivity index (χ1v) is 4.53. The maximum atomic E-state index is 13.8. The SMILES string of the molecule is [N-]=[N+]=NC1(F)Cc2ccc(Cl)cc2C1=O. The van der Waals surface area contributed by atoms with E-state index in [0.29, 0.717) is 10.6 Å². The van der Waals surface area contributed by atoms with Gasteiger partial charge in [0.05, 0.1) is 0 Å². The lowest BCUT2D eigenvalue weighted by atomic mass is 10.1. The van der Waals surface area contributed by atoms with Crippen LogP contribution in [0.15, 0.2) is 23.3 Å². The number of halogens is 2. The zero-order valence-electron chi connectivity index (χ0n) is 7.44. The van der Waals surface area contributed by atoms with Crippen LogP contribution in [0.4, 0.5) is 4.39 Å². The van der Waals surface area contributed by atoms with E-state index in [-0.39, 0.29) is 12.0 Å². The monoisotopic (exact) mass is 225 g/mol. The molecule has 15 heavy (non-hydrogen) atoms. The molecular formula is C9H5ClFN3O. The first kappa shape index (κ1) is 9.96. The van der Waals surface area contributed by atoms with E-state index in [4.69, 9.17) is 17.1 Å². The molecule has 0 saturated heterocycles. The lowest BCUT2D eigenvalue weighted by molar-refractivity contribution is 0.0735. The lowest BCUT2D eigenvalue weighted by Crippen LogP contribution is -2.26. The summed E-state index contributed by atoms with van der Waals surface area (Å²) in [6, 6.07) is 4.51. The van der Waals surface area contributed by atoms with E-state index in [0.717, 1.165) is 0 Å². The molecule has 0 amide bonds. The molecule has 0 radical (unpaired) electrons. The van der Waals surface area contributed by atoms with Crippen molar-refractivity contribution in [3.63, 3.8) is 0 Å². The van der Waals surface area contributed by atoms with Crippen molar-refractivity contribution in [2.24, 2.45) is 5.11 Å². The smallest absolute Gasteiger partial charge is 0.255 e. The van der Waals surface area contributed by atoms with Crippen LogP contribution >= 0.6 is 11.6 Å². The van der Waals surface area contributed by atoms with Crippen molar-refractivity contribution in [2.75, 3.05) is 0 Å². The van der Waals surface area contributed by atoms with Crippen LogP contribution in [0.2, 0.25) is 5.02 Å². The van der Waals surface area contributed by atoms with Gasteiger partial charge in [-0.05, 0) is 28.3 Å². The molecule has 0 fully saturated rings. The summed E-state index contributed by atoms with van der Waals surface area (Å²) in [6.45, 7) is 0.